The summed E-state index contributed by atoms with van der Waals surface area (Å²) < 4.78 is 5.51. The van der Waals surface area contributed by atoms with Crippen LogP contribution in [0.2, 0.25) is 0 Å². The van der Waals surface area contributed by atoms with Gasteiger partial charge in [-0.1, -0.05) is 6.42 Å². The monoisotopic (exact) mass is 269 g/mol. The van der Waals surface area contributed by atoms with Crippen LogP contribution in [-0.2, 0) is 14.3 Å². The van der Waals surface area contributed by atoms with Crippen molar-refractivity contribution in [2.24, 2.45) is 17.8 Å². The van der Waals surface area contributed by atoms with Gasteiger partial charge >= 0.3 is 5.97 Å². The maximum atomic E-state index is 12.2. The third-order valence-corrected chi connectivity index (χ3v) is 4.15. The van der Waals surface area contributed by atoms with Crippen LogP contribution in [0.5, 0.6) is 0 Å². The number of hydrogen-bond acceptors (Lipinski definition) is 3. The molecule has 2 fully saturated rings. The van der Waals surface area contributed by atoms with Crippen molar-refractivity contribution in [3.05, 3.63) is 0 Å². The van der Waals surface area contributed by atoms with Crippen LogP contribution in [0, 0.1) is 17.8 Å². The molecule has 0 aliphatic heterocycles. The lowest BCUT2D eigenvalue weighted by Gasteiger charge is -2.23. The second-order valence-electron chi connectivity index (χ2n) is 5.76. The molecule has 0 aromatic carbocycles. The first-order valence-electron chi connectivity index (χ1n) is 7.15. The van der Waals surface area contributed by atoms with Gasteiger partial charge in [-0.2, -0.15) is 0 Å². The molecule has 5 nitrogen and oxygen atoms in total. The standard InChI is InChI=1S/C14H23NO4/c1-15(7-8-19-9-10-5-6-10)13(16)11-3-2-4-12(11)14(17)18/h10-12H,2-9H2,1H3,(H,17,18)/t11-,12+/m1/s1. The van der Waals surface area contributed by atoms with Crippen molar-refractivity contribution in [3.8, 4) is 0 Å². The second kappa shape index (κ2) is 6.37. The summed E-state index contributed by atoms with van der Waals surface area (Å²) in [7, 11) is 1.74. The normalized spacial score (nSPS) is 26.4. The molecule has 0 radical (unpaired) electrons. The first kappa shape index (κ1) is 14.3. The number of ether oxygens (including phenoxy) is 1. The van der Waals surface area contributed by atoms with Gasteiger partial charge in [-0.3, -0.25) is 9.59 Å². The van der Waals surface area contributed by atoms with Crippen molar-refractivity contribution in [2.75, 3.05) is 26.8 Å². The first-order valence-corrected chi connectivity index (χ1v) is 7.15. The minimum atomic E-state index is -0.839. The minimum absolute atomic E-state index is 0.0417. The minimum Gasteiger partial charge on any atom is -0.481 e. The molecule has 1 amide bonds. The van der Waals surface area contributed by atoms with Crippen molar-refractivity contribution in [1.82, 2.24) is 4.90 Å². The Morgan fingerprint density at radius 3 is 2.53 bits per heavy atom. The number of carboxylic acid groups (broad SMARTS) is 1. The molecule has 0 spiro atoms. The van der Waals surface area contributed by atoms with Gasteiger partial charge in [0.25, 0.3) is 0 Å². The molecule has 2 saturated carbocycles. The van der Waals surface area contributed by atoms with E-state index in [0.717, 1.165) is 18.9 Å². The van der Waals surface area contributed by atoms with Crippen LogP contribution in [0.25, 0.3) is 0 Å². The van der Waals surface area contributed by atoms with Gasteiger partial charge in [0.15, 0.2) is 0 Å². The fourth-order valence-electron chi connectivity index (χ4n) is 2.68. The highest BCUT2D eigenvalue weighted by atomic mass is 16.5. The predicted molar refractivity (Wildman–Crippen MR) is 69.6 cm³/mol. The van der Waals surface area contributed by atoms with Crippen LogP contribution in [0.4, 0.5) is 0 Å². The summed E-state index contributed by atoms with van der Waals surface area (Å²) in [5.74, 6) is -0.991. The number of carbonyl (C=O) groups excluding carboxylic acids is 1. The fraction of sp³-hybridized carbons (Fsp3) is 0.857. The largest absolute Gasteiger partial charge is 0.481 e. The van der Waals surface area contributed by atoms with Crippen LogP contribution < -0.4 is 0 Å². The summed E-state index contributed by atoms with van der Waals surface area (Å²) in [4.78, 5) is 24.9. The Morgan fingerprint density at radius 2 is 1.89 bits per heavy atom. The summed E-state index contributed by atoms with van der Waals surface area (Å²) in [5.41, 5.74) is 0. The SMILES string of the molecule is CN(CCOCC1CC1)C(=O)[C@@H]1CCC[C@@H]1C(=O)O. The second-order valence-corrected chi connectivity index (χ2v) is 5.76. The maximum absolute atomic E-state index is 12.2. The van der Waals surface area contributed by atoms with Gasteiger partial charge in [-0.15, -0.1) is 0 Å². The van der Waals surface area contributed by atoms with Gasteiger partial charge in [-0.05, 0) is 31.6 Å². The molecule has 2 rings (SSSR count). The Labute approximate surface area is 113 Å². The van der Waals surface area contributed by atoms with Crippen LogP contribution >= 0.6 is 0 Å². The molecule has 5 heteroatoms. The first-order chi connectivity index (χ1) is 9.09. The van der Waals surface area contributed by atoms with Gasteiger partial charge in [0.05, 0.1) is 18.4 Å². The molecule has 0 aromatic heterocycles. The zero-order valence-corrected chi connectivity index (χ0v) is 11.5. The van der Waals surface area contributed by atoms with E-state index in [9.17, 15) is 9.59 Å². The molecule has 2 atom stereocenters. The molecule has 2 aliphatic rings. The molecule has 0 heterocycles. The Bertz CT molecular complexity index is 340. The van der Waals surface area contributed by atoms with Gasteiger partial charge in [0, 0.05) is 20.2 Å². The van der Waals surface area contributed by atoms with E-state index in [0.29, 0.717) is 26.0 Å². The van der Waals surface area contributed by atoms with Gasteiger partial charge < -0.3 is 14.7 Å². The molecule has 0 unspecified atom stereocenters. The number of amides is 1. The molecular weight excluding hydrogens is 246 g/mol. The number of hydrogen-bond donors (Lipinski definition) is 1. The van der Waals surface area contributed by atoms with Crippen molar-refractivity contribution in [3.63, 3.8) is 0 Å². The average molecular weight is 269 g/mol. The molecule has 0 bridgehead atoms. The predicted octanol–water partition coefficient (Wildman–Crippen LogP) is 1.37. The van der Waals surface area contributed by atoms with Gasteiger partial charge in [0.1, 0.15) is 0 Å². The summed E-state index contributed by atoms with van der Waals surface area (Å²) >= 11 is 0. The summed E-state index contributed by atoms with van der Waals surface area (Å²) in [6, 6.07) is 0. The number of rotatable bonds is 7. The maximum Gasteiger partial charge on any atom is 0.307 e. The Kier molecular flexibility index (Phi) is 4.80. The van der Waals surface area contributed by atoms with Gasteiger partial charge in [-0.25, -0.2) is 0 Å². The van der Waals surface area contributed by atoms with Crippen molar-refractivity contribution < 1.29 is 19.4 Å². The summed E-state index contributed by atoms with van der Waals surface area (Å²) in [6.07, 6.45) is 4.68. The molecule has 108 valence electrons. The summed E-state index contributed by atoms with van der Waals surface area (Å²) in [5, 5.41) is 9.10. The van der Waals surface area contributed by atoms with E-state index in [4.69, 9.17) is 9.84 Å². The van der Waals surface area contributed by atoms with Gasteiger partial charge in [0.2, 0.25) is 5.91 Å². The highest BCUT2D eigenvalue weighted by molar-refractivity contribution is 5.85. The topological polar surface area (TPSA) is 66.8 Å². The number of carbonyl (C=O) groups is 2. The highest BCUT2D eigenvalue weighted by Crippen LogP contribution is 2.33. The van der Waals surface area contributed by atoms with E-state index in [1.165, 1.54) is 12.8 Å². The average Bonchev–Trinajstić information content (AvgIpc) is 3.06. The van der Waals surface area contributed by atoms with Crippen LogP contribution in [0.1, 0.15) is 32.1 Å². The molecule has 1 N–H and O–H groups in total. The molecule has 0 saturated heterocycles. The zero-order chi connectivity index (χ0) is 13.8. The zero-order valence-electron chi connectivity index (χ0n) is 11.5. The smallest absolute Gasteiger partial charge is 0.307 e. The quantitative estimate of drug-likeness (QED) is 0.709. The third kappa shape index (κ3) is 3.93. The van der Waals surface area contributed by atoms with E-state index < -0.39 is 11.9 Å². The highest BCUT2D eigenvalue weighted by Gasteiger charge is 2.38. The van der Waals surface area contributed by atoms with E-state index >= 15 is 0 Å². The molecule has 0 aromatic rings. The van der Waals surface area contributed by atoms with E-state index in [1.54, 1.807) is 11.9 Å². The van der Waals surface area contributed by atoms with Crippen molar-refractivity contribution in [2.45, 2.75) is 32.1 Å². The molecule has 2 aliphatic carbocycles. The molecular formula is C14H23NO4. The lowest BCUT2D eigenvalue weighted by molar-refractivity contribution is -0.148. The Balaban J connectivity index is 1.72. The Morgan fingerprint density at radius 1 is 1.21 bits per heavy atom. The number of carboxylic acids is 1. The van der Waals surface area contributed by atoms with E-state index in [1.807, 2.05) is 0 Å². The van der Waals surface area contributed by atoms with E-state index in [2.05, 4.69) is 0 Å². The number of nitrogens with zero attached hydrogens (tertiary/aromatic N) is 1. The van der Waals surface area contributed by atoms with Crippen molar-refractivity contribution in [1.29, 1.82) is 0 Å². The lowest BCUT2D eigenvalue weighted by atomic mass is 9.95. The summed E-state index contributed by atoms with van der Waals surface area (Å²) in [6.45, 7) is 1.89. The third-order valence-electron chi connectivity index (χ3n) is 4.15. The number of aliphatic carboxylic acids is 1. The molecule has 19 heavy (non-hydrogen) atoms. The number of likely N-dealkylation sites (N-methyl/N-ethyl adjacent to an activating group) is 1. The van der Waals surface area contributed by atoms with Crippen LogP contribution in [0.3, 0.4) is 0 Å². The van der Waals surface area contributed by atoms with Crippen LogP contribution in [-0.4, -0.2) is 48.7 Å². The lowest BCUT2D eigenvalue weighted by Crippen LogP contribution is -2.38. The van der Waals surface area contributed by atoms with Crippen molar-refractivity contribution >= 4 is 11.9 Å². The Hall–Kier alpha value is -1.10. The van der Waals surface area contributed by atoms with Crippen LogP contribution in [0.15, 0.2) is 0 Å². The van der Waals surface area contributed by atoms with E-state index in [-0.39, 0.29) is 11.8 Å². The fourth-order valence-corrected chi connectivity index (χ4v) is 2.68.